The summed E-state index contributed by atoms with van der Waals surface area (Å²) >= 11 is 0. The molecule has 1 aliphatic heterocycles. The van der Waals surface area contributed by atoms with Gasteiger partial charge in [0.2, 0.25) is 0 Å². The molecule has 0 saturated carbocycles. The van der Waals surface area contributed by atoms with E-state index in [1.54, 1.807) is 12.1 Å². The van der Waals surface area contributed by atoms with E-state index < -0.39 is 29.5 Å². The third-order valence-electron chi connectivity index (χ3n) is 6.90. The summed E-state index contributed by atoms with van der Waals surface area (Å²) in [7, 11) is 0. The Morgan fingerprint density at radius 2 is 1.74 bits per heavy atom. The lowest BCUT2D eigenvalue weighted by Crippen LogP contribution is -2.38. The normalized spacial score (nSPS) is 14.5. The van der Waals surface area contributed by atoms with Gasteiger partial charge in [-0.1, -0.05) is 37.3 Å². The molecule has 39 heavy (non-hydrogen) atoms. The summed E-state index contributed by atoms with van der Waals surface area (Å²) in [6.07, 6.45) is 2.48. The maximum Gasteiger partial charge on any atom is 0.323 e. The Balaban J connectivity index is 1.56. The van der Waals surface area contributed by atoms with Crippen molar-refractivity contribution in [2.45, 2.75) is 25.9 Å². The maximum absolute atomic E-state index is 14.5. The van der Waals surface area contributed by atoms with Gasteiger partial charge in [0.05, 0.1) is 35.3 Å². The first-order chi connectivity index (χ1) is 18.9. The molecule has 1 atom stereocenters. The van der Waals surface area contributed by atoms with Gasteiger partial charge < -0.3 is 14.8 Å². The van der Waals surface area contributed by atoms with Gasteiger partial charge in [0.1, 0.15) is 23.3 Å². The zero-order valence-corrected chi connectivity index (χ0v) is 21.0. The summed E-state index contributed by atoms with van der Waals surface area (Å²) in [5, 5.41) is 7.42. The van der Waals surface area contributed by atoms with E-state index in [1.807, 2.05) is 64.8 Å². The molecule has 9 heteroatoms. The number of amides is 2. The van der Waals surface area contributed by atoms with Gasteiger partial charge in [0.25, 0.3) is 0 Å². The van der Waals surface area contributed by atoms with Crippen LogP contribution in [0.2, 0.25) is 0 Å². The molecule has 0 spiro atoms. The zero-order chi connectivity index (χ0) is 27.1. The first-order valence-corrected chi connectivity index (χ1v) is 12.6. The van der Waals surface area contributed by atoms with Gasteiger partial charge in [-0.15, -0.1) is 0 Å². The Bertz CT molecular complexity index is 1680. The number of fused-ring (bicyclic) bond motifs is 3. The van der Waals surface area contributed by atoms with Crippen molar-refractivity contribution in [2.24, 2.45) is 0 Å². The number of hydrogen-bond donors (Lipinski definition) is 1. The summed E-state index contributed by atoms with van der Waals surface area (Å²) < 4.78 is 46.7. The van der Waals surface area contributed by atoms with Crippen molar-refractivity contribution in [3.05, 3.63) is 131 Å². The number of anilines is 1. The van der Waals surface area contributed by atoms with Crippen LogP contribution in [0.15, 0.2) is 91.1 Å². The lowest BCUT2D eigenvalue weighted by atomic mass is 10.0. The lowest BCUT2D eigenvalue weighted by molar-refractivity contribution is 0.194. The van der Waals surface area contributed by atoms with Crippen molar-refractivity contribution in [1.29, 1.82) is 0 Å². The van der Waals surface area contributed by atoms with Gasteiger partial charge in [-0.25, -0.2) is 22.6 Å². The summed E-state index contributed by atoms with van der Waals surface area (Å²) in [6, 6.07) is 20.9. The van der Waals surface area contributed by atoms with E-state index in [4.69, 9.17) is 5.10 Å². The van der Waals surface area contributed by atoms with Crippen molar-refractivity contribution in [2.75, 3.05) is 5.32 Å². The van der Waals surface area contributed by atoms with Gasteiger partial charge in [-0.05, 0) is 60.5 Å². The molecule has 1 aliphatic rings. The number of rotatable bonds is 4. The molecule has 0 fully saturated rings. The molecular weight excluding hydrogens is 503 g/mol. The number of benzene rings is 3. The molecule has 1 unspecified atom stereocenters. The van der Waals surface area contributed by atoms with Crippen LogP contribution in [0.1, 0.15) is 35.5 Å². The van der Waals surface area contributed by atoms with Gasteiger partial charge in [-0.2, -0.15) is 5.10 Å². The van der Waals surface area contributed by atoms with Crippen LogP contribution in [0.25, 0.3) is 11.5 Å². The van der Waals surface area contributed by atoms with E-state index in [1.165, 1.54) is 17.0 Å². The monoisotopic (exact) mass is 527 g/mol. The number of halogens is 3. The maximum atomic E-state index is 14.5. The second-order valence-corrected chi connectivity index (χ2v) is 9.29. The molecular formula is C30H24F3N5O. The highest BCUT2D eigenvalue weighted by Gasteiger charge is 2.36. The van der Waals surface area contributed by atoms with E-state index in [9.17, 15) is 18.0 Å². The van der Waals surface area contributed by atoms with Crippen LogP contribution in [-0.2, 0) is 13.0 Å². The molecule has 3 heterocycles. The zero-order valence-electron chi connectivity index (χ0n) is 21.0. The van der Waals surface area contributed by atoms with Gasteiger partial charge in [0, 0.05) is 17.8 Å². The topological polar surface area (TPSA) is 55.1 Å². The average molecular weight is 528 g/mol. The molecule has 2 aromatic heterocycles. The third-order valence-corrected chi connectivity index (χ3v) is 6.90. The van der Waals surface area contributed by atoms with Crippen LogP contribution in [0.4, 0.5) is 23.7 Å². The van der Waals surface area contributed by atoms with Gasteiger partial charge >= 0.3 is 6.03 Å². The number of hydrogen-bond acceptors (Lipinski definition) is 2. The predicted molar refractivity (Wildman–Crippen MR) is 141 cm³/mol. The number of carbonyl (C=O) groups is 1. The number of aryl methyl sites for hydroxylation is 1. The van der Waals surface area contributed by atoms with E-state index in [0.29, 0.717) is 17.7 Å². The number of aromatic nitrogens is 3. The summed E-state index contributed by atoms with van der Waals surface area (Å²) in [6.45, 7) is 2.08. The van der Waals surface area contributed by atoms with Gasteiger partial charge in [-0.3, -0.25) is 0 Å². The summed E-state index contributed by atoms with van der Waals surface area (Å²) in [4.78, 5) is 15.4. The van der Waals surface area contributed by atoms with Crippen molar-refractivity contribution in [3.8, 4) is 11.5 Å². The van der Waals surface area contributed by atoms with Crippen LogP contribution in [0.5, 0.6) is 0 Å². The Morgan fingerprint density at radius 1 is 0.949 bits per heavy atom. The third kappa shape index (κ3) is 4.35. The summed E-state index contributed by atoms with van der Waals surface area (Å²) in [5.74, 6) is -1.14. The minimum absolute atomic E-state index is 0.0942. The largest absolute Gasteiger partial charge is 0.323 e. The van der Waals surface area contributed by atoms with Gasteiger partial charge in [0.15, 0.2) is 0 Å². The fourth-order valence-electron chi connectivity index (χ4n) is 5.16. The Hall–Kier alpha value is -4.79. The van der Waals surface area contributed by atoms with Crippen LogP contribution in [0.3, 0.4) is 0 Å². The van der Waals surface area contributed by atoms with Crippen molar-refractivity contribution in [1.82, 2.24) is 19.2 Å². The molecule has 0 radical (unpaired) electrons. The fraction of sp³-hybridized carbons (Fsp3) is 0.133. The molecule has 2 amide bonds. The Morgan fingerprint density at radius 3 is 2.51 bits per heavy atom. The van der Waals surface area contributed by atoms with Crippen molar-refractivity contribution < 1.29 is 18.0 Å². The molecule has 5 aromatic rings. The highest BCUT2D eigenvalue weighted by Crippen LogP contribution is 2.39. The molecule has 6 rings (SSSR count). The number of para-hydroxylation sites is 1. The Labute approximate surface area is 222 Å². The highest BCUT2D eigenvalue weighted by molar-refractivity contribution is 5.90. The minimum Gasteiger partial charge on any atom is -0.307 e. The first-order valence-electron chi connectivity index (χ1n) is 12.6. The van der Waals surface area contributed by atoms with E-state index >= 15 is 0 Å². The number of carbonyl (C=O) groups excluding carboxylic acids is 1. The average Bonchev–Trinajstić information content (AvgIpc) is 3.52. The lowest BCUT2D eigenvalue weighted by Gasteiger charge is -2.31. The predicted octanol–water partition coefficient (Wildman–Crippen LogP) is 6.78. The number of nitrogens with one attached hydrogen (secondary N) is 1. The molecule has 6 nitrogen and oxygen atoms in total. The van der Waals surface area contributed by atoms with Crippen LogP contribution in [-0.4, -0.2) is 25.3 Å². The van der Waals surface area contributed by atoms with Crippen molar-refractivity contribution in [3.63, 3.8) is 0 Å². The second kappa shape index (κ2) is 9.83. The molecule has 196 valence electrons. The molecule has 0 saturated heterocycles. The minimum atomic E-state index is -0.767. The second-order valence-electron chi connectivity index (χ2n) is 9.29. The SMILES string of the molecule is CCc1nn(-c2ccccc2)c2c1CN(C(=O)Nc1cc(F)ccc1F)C(c1cccc(F)c1)c1cccn1-2. The molecule has 0 aliphatic carbocycles. The summed E-state index contributed by atoms with van der Waals surface area (Å²) in [5.41, 5.74) is 3.36. The highest BCUT2D eigenvalue weighted by atomic mass is 19.1. The standard InChI is InChI=1S/C30H24F3N5O/c1-2-25-23-18-37(30(39)34-26-17-21(32)13-14-24(26)33)28(19-8-6-9-20(31)16-19)27-12-7-15-36(27)29(23)38(35-25)22-10-4-3-5-11-22/h3-17,28H,2,18H2,1H3,(H,34,39). The van der Waals surface area contributed by atoms with Crippen molar-refractivity contribution >= 4 is 11.7 Å². The van der Waals surface area contributed by atoms with E-state index in [-0.39, 0.29) is 12.2 Å². The molecule has 0 bridgehead atoms. The Kier molecular flexibility index (Phi) is 6.18. The van der Waals surface area contributed by atoms with E-state index in [0.717, 1.165) is 41.0 Å². The van der Waals surface area contributed by atoms with E-state index in [2.05, 4.69) is 5.32 Å². The first kappa shape index (κ1) is 24.5. The number of urea groups is 1. The van der Waals surface area contributed by atoms with Crippen LogP contribution in [0, 0.1) is 17.5 Å². The quantitative estimate of drug-likeness (QED) is 0.280. The fourth-order valence-corrected chi connectivity index (χ4v) is 5.16. The molecule has 1 N–H and O–H groups in total. The van der Waals surface area contributed by atoms with Crippen LogP contribution < -0.4 is 5.32 Å². The number of nitrogens with zero attached hydrogens (tertiary/aromatic N) is 4. The van der Waals surface area contributed by atoms with Crippen LogP contribution >= 0.6 is 0 Å². The smallest absolute Gasteiger partial charge is 0.307 e. The molecule has 3 aromatic carbocycles.